The molecule has 0 heterocycles. The van der Waals surface area contributed by atoms with Crippen LogP contribution in [0.1, 0.15) is 50.5 Å². The van der Waals surface area contributed by atoms with E-state index in [1.165, 1.54) is 39.2 Å². The van der Waals surface area contributed by atoms with Gasteiger partial charge in [0.05, 0.1) is 13.2 Å². The first-order chi connectivity index (χ1) is 9.70. The maximum Gasteiger partial charge on any atom is 0.168 e. The average molecular weight is 280 g/mol. The highest BCUT2D eigenvalue weighted by Gasteiger charge is 2.17. The van der Waals surface area contributed by atoms with Crippen LogP contribution in [0.5, 0.6) is 5.75 Å². The van der Waals surface area contributed by atoms with Crippen LogP contribution in [-0.4, -0.2) is 18.3 Å². The molecular formula is C17H25FO2. The molecule has 1 aliphatic carbocycles. The molecule has 1 N–H and O–H groups in total. The van der Waals surface area contributed by atoms with E-state index in [4.69, 9.17) is 4.74 Å². The van der Waals surface area contributed by atoms with E-state index in [1.54, 1.807) is 18.2 Å². The van der Waals surface area contributed by atoms with Crippen LogP contribution in [0, 0.1) is 11.7 Å². The lowest BCUT2D eigenvalue weighted by Crippen LogP contribution is -2.15. The first kappa shape index (κ1) is 15.3. The van der Waals surface area contributed by atoms with Gasteiger partial charge in [0.15, 0.2) is 11.6 Å². The first-order valence-corrected chi connectivity index (χ1v) is 7.70. The van der Waals surface area contributed by atoms with Crippen molar-refractivity contribution in [3.05, 3.63) is 29.6 Å². The molecule has 2 nitrogen and oxygen atoms in total. The number of ether oxygens (including phenoxy) is 1. The molecule has 1 aromatic carbocycles. The van der Waals surface area contributed by atoms with Gasteiger partial charge in [0.1, 0.15) is 0 Å². The lowest BCUT2D eigenvalue weighted by atomic mass is 9.85. The SMILES string of the molecule is COc1cccc(CC(O)CCC2CCCCC2)c1F. The fourth-order valence-corrected chi connectivity index (χ4v) is 3.13. The van der Waals surface area contributed by atoms with Crippen LogP contribution in [0.3, 0.4) is 0 Å². The van der Waals surface area contributed by atoms with Gasteiger partial charge in [0, 0.05) is 6.42 Å². The number of benzene rings is 1. The molecule has 1 fully saturated rings. The minimum absolute atomic E-state index is 0.252. The summed E-state index contributed by atoms with van der Waals surface area (Å²) in [5, 5.41) is 10.1. The van der Waals surface area contributed by atoms with Crippen molar-refractivity contribution in [3.63, 3.8) is 0 Å². The Morgan fingerprint density at radius 2 is 2.05 bits per heavy atom. The molecule has 1 aliphatic rings. The van der Waals surface area contributed by atoms with Gasteiger partial charge in [0.25, 0.3) is 0 Å². The molecule has 112 valence electrons. The zero-order valence-electron chi connectivity index (χ0n) is 12.3. The second-order valence-electron chi connectivity index (χ2n) is 5.87. The third-order valence-corrected chi connectivity index (χ3v) is 4.35. The molecule has 0 spiro atoms. The summed E-state index contributed by atoms with van der Waals surface area (Å²) in [6.45, 7) is 0. The predicted octanol–water partition coefficient (Wildman–Crippen LogP) is 4.10. The Balaban J connectivity index is 1.83. The maximum atomic E-state index is 14.0. The largest absolute Gasteiger partial charge is 0.494 e. The monoisotopic (exact) mass is 280 g/mol. The van der Waals surface area contributed by atoms with Gasteiger partial charge in [-0.25, -0.2) is 4.39 Å². The molecule has 1 aromatic rings. The molecule has 1 atom stereocenters. The van der Waals surface area contributed by atoms with Crippen LogP contribution in [-0.2, 0) is 6.42 Å². The van der Waals surface area contributed by atoms with Gasteiger partial charge in [-0.2, -0.15) is 0 Å². The lowest BCUT2D eigenvalue weighted by molar-refractivity contribution is 0.148. The topological polar surface area (TPSA) is 29.5 Å². The van der Waals surface area contributed by atoms with Crippen molar-refractivity contribution in [2.75, 3.05) is 7.11 Å². The van der Waals surface area contributed by atoms with Crippen LogP contribution in [0.2, 0.25) is 0 Å². The highest BCUT2D eigenvalue weighted by atomic mass is 19.1. The fraction of sp³-hybridized carbons (Fsp3) is 0.647. The van der Waals surface area contributed by atoms with E-state index in [1.807, 2.05) is 0 Å². The van der Waals surface area contributed by atoms with E-state index in [0.29, 0.717) is 12.0 Å². The number of methoxy groups -OCH3 is 1. The summed E-state index contributed by atoms with van der Waals surface area (Å²) >= 11 is 0. The second kappa shape index (κ2) is 7.63. The summed E-state index contributed by atoms with van der Waals surface area (Å²) in [5.74, 6) is 0.669. The van der Waals surface area contributed by atoms with E-state index >= 15 is 0 Å². The number of halogens is 1. The quantitative estimate of drug-likeness (QED) is 0.850. The summed E-state index contributed by atoms with van der Waals surface area (Å²) in [6.07, 6.45) is 8.33. The predicted molar refractivity (Wildman–Crippen MR) is 78.5 cm³/mol. The molecule has 0 saturated heterocycles. The van der Waals surface area contributed by atoms with E-state index in [0.717, 1.165) is 18.8 Å². The third-order valence-electron chi connectivity index (χ3n) is 4.35. The molecule has 0 radical (unpaired) electrons. The van der Waals surface area contributed by atoms with Gasteiger partial charge in [0.2, 0.25) is 0 Å². The third kappa shape index (κ3) is 4.20. The van der Waals surface area contributed by atoms with Gasteiger partial charge in [-0.3, -0.25) is 0 Å². The van der Waals surface area contributed by atoms with Crippen LogP contribution in [0.15, 0.2) is 18.2 Å². The molecule has 1 saturated carbocycles. The van der Waals surface area contributed by atoms with Crippen molar-refractivity contribution in [1.29, 1.82) is 0 Å². The zero-order chi connectivity index (χ0) is 14.4. The Labute approximate surface area is 121 Å². The van der Waals surface area contributed by atoms with Crippen molar-refractivity contribution in [3.8, 4) is 5.75 Å². The van der Waals surface area contributed by atoms with Crippen LogP contribution in [0.4, 0.5) is 4.39 Å². The fourth-order valence-electron chi connectivity index (χ4n) is 3.13. The molecule has 0 aromatic heterocycles. The van der Waals surface area contributed by atoms with Crippen molar-refractivity contribution < 1.29 is 14.2 Å². The lowest BCUT2D eigenvalue weighted by Gasteiger charge is -2.22. The Kier molecular flexibility index (Phi) is 5.84. The minimum Gasteiger partial charge on any atom is -0.494 e. The number of rotatable bonds is 6. The number of aliphatic hydroxyl groups excluding tert-OH is 1. The van der Waals surface area contributed by atoms with Gasteiger partial charge < -0.3 is 9.84 Å². The molecular weight excluding hydrogens is 255 g/mol. The van der Waals surface area contributed by atoms with Crippen molar-refractivity contribution >= 4 is 0 Å². The molecule has 0 bridgehead atoms. The number of hydrogen-bond donors (Lipinski definition) is 1. The average Bonchev–Trinajstić information content (AvgIpc) is 2.48. The van der Waals surface area contributed by atoms with Gasteiger partial charge >= 0.3 is 0 Å². The molecule has 0 aliphatic heterocycles. The maximum absolute atomic E-state index is 14.0. The molecule has 0 amide bonds. The normalized spacial score (nSPS) is 17.9. The second-order valence-corrected chi connectivity index (χ2v) is 5.87. The summed E-state index contributed by atoms with van der Waals surface area (Å²) in [7, 11) is 1.46. The first-order valence-electron chi connectivity index (χ1n) is 7.70. The Morgan fingerprint density at radius 1 is 1.30 bits per heavy atom. The van der Waals surface area contributed by atoms with Crippen LogP contribution in [0.25, 0.3) is 0 Å². The van der Waals surface area contributed by atoms with Crippen LogP contribution >= 0.6 is 0 Å². The van der Waals surface area contributed by atoms with Crippen molar-refractivity contribution in [2.24, 2.45) is 5.92 Å². The van der Waals surface area contributed by atoms with Crippen molar-refractivity contribution in [2.45, 2.75) is 57.5 Å². The Morgan fingerprint density at radius 3 is 2.75 bits per heavy atom. The smallest absolute Gasteiger partial charge is 0.168 e. The molecule has 1 unspecified atom stereocenters. The molecule has 20 heavy (non-hydrogen) atoms. The van der Waals surface area contributed by atoms with Gasteiger partial charge in [-0.1, -0.05) is 44.2 Å². The molecule has 3 heteroatoms. The minimum atomic E-state index is -0.460. The van der Waals surface area contributed by atoms with Gasteiger partial charge in [-0.15, -0.1) is 0 Å². The number of aliphatic hydroxyl groups is 1. The standard InChI is InChI=1S/C17H25FO2/c1-20-16-9-5-8-14(17(16)18)12-15(19)11-10-13-6-3-2-4-7-13/h5,8-9,13,15,19H,2-4,6-7,10-12H2,1H3. The summed E-state index contributed by atoms with van der Waals surface area (Å²) in [5.41, 5.74) is 0.542. The van der Waals surface area contributed by atoms with E-state index in [2.05, 4.69) is 0 Å². The summed E-state index contributed by atoms with van der Waals surface area (Å²) < 4.78 is 19.0. The highest BCUT2D eigenvalue weighted by Crippen LogP contribution is 2.28. The Hall–Kier alpha value is -1.09. The van der Waals surface area contributed by atoms with Crippen LogP contribution < -0.4 is 4.74 Å². The molecule has 2 rings (SSSR count). The van der Waals surface area contributed by atoms with E-state index in [-0.39, 0.29) is 11.6 Å². The highest BCUT2D eigenvalue weighted by molar-refractivity contribution is 5.31. The van der Waals surface area contributed by atoms with Crippen molar-refractivity contribution in [1.82, 2.24) is 0 Å². The zero-order valence-corrected chi connectivity index (χ0v) is 12.3. The van der Waals surface area contributed by atoms with Gasteiger partial charge in [-0.05, 0) is 30.4 Å². The summed E-state index contributed by atoms with van der Waals surface area (Å²) in [4.78, 5) is 0. The van der Waals surface area contributed by atoms with E-state index < -0.39 is 6.10 Å². The number of hydrogen-bond acceptors (Lipinski definition) is 2. The van der Waals surface area contributed by atoms with E-state index in [9.17, 15) is 9.50 Å². The summed E-state index contributed by atoms with van der Waals surface area (Å²) in [6, 6.07) is 5.10. The Bertz CT molecular complexity index is 413.